The molecule has 0 spiro atoms. The highest BCUT2D eigenvalue weighted by Gasteiger charge is 2.53. The molecule has 6 aliphatic rings. The number of halogens is 1. The van der Waals surface area contributed by atoms with Crippen molar-refractivity contribution >= 4 is 96.4 Å². The first kappa shape index (κ1) is 89.4. The average Bonchev–Trinajstić information content (AvgIpc) is 0.755. The Labute approximate surface area is 665 Å². The van der Waals surface area contributed by atoms with E-state index < -0.39 is 149 Å². The lowest BCUT2D eigenvalue weighted by Crippen LogP contribution is -2.65. The molecular formula is C75H101IN6O25S3. The number of carbonyl (C=O) groups excluding carboxylic acids is 6. The molecule has 110 heavy (non-hydrogen) atoms. The molecule has 31 nitrogen and oxygen atoms in total. The lowest BCUT2D eigenvalue weighted by atomic mass is 9.75. The van der Waals surface area contributed by atoms with E-state index in [2.05, 4.69) is 50.3 Å². The van der Waals surface area contributed by atoms with Crippen molar-refractivity contribution < 1.29 is 121 Å². The highest BCUT2D eigenvalue weighted by Crippen LogP contribution is 2.49. The number of methoxy groups -OCH3 is 4. The Kier molecular flexibility index (Phi) is 32.3. The summed E-state index contributed by atoms with van der Waals surface area (Å²) in [4.78, 5) is 88.5. The second-order valence-corrected chi connectivity index (χ2v) is 33.8. The fourth-order valence-corrected chi connectivity index (χ4v) is 17.3. The molecular weight excluding hydrogens is 1610 g/mol. The van der Waals surface area contributed by atoms with Gasteiger partial charge in [-0.15, -0.1) is 0 Å². The van der Waals surface area contributed by atoms with Crippen LogP contribution in [0.1, 0.15) is 130 Å². The number of fused-ring (bicyclic) bond motifs is 2. The fraction of sp³-hybridized carbons (Fsp3) is 0.613. The normalized spacial score (nSPS) is 30.5. The van der Waals surface area contributed by atoms with E-state index in [1.807, 2.05) is 64.1 Å². The Morgan fingerprint density at radius 2 is 1.55 bits per heavy atom. The molecule has 606 valence electrons. The molecule has 10 N–H and O–H groups in total. The molecule has 8 rings (SSSR count). The Morgan fingerprint density at radius 3 is 2.20 bits per heavy atom. The summed E-state index contributed by atoms with van der Waals surface area (Å²) in [6, 6.07) is 5.33. The van der Waals surface area contributed by atoms with Crippen LogP contribution in [0.3, 0.4) is 0 Å². The van der Waals surface area contributed by atoms with Crippen LogP contribution in [0, 0.1) is 34.2 Å². The predicted octanol–water partition coefficient (Wildman–Crippen LogP) is 5.27. The van der Waals surface area contributed by atoms with E-state index in [1.165, 1.54) is 62.0 Å². The number of hydrogen-bond acceptors (Lipinski definition) is 30. The zero-order valence-electron chi connectivity index (χ0n) is 64.2. The number of phenols is 1. The number of nitrogens with zero attached hydrogens (tertiary/aromatic N) is 2. The van der Waals surface area contributed by atoms with Gasteiger partial charge in [0.15, 0.2) is 41.8 Å². The van der Waals surface area contributed by atoms with Gasteiger partial charge in [0, 0.05) is 74.1 Å². The van der Waals surface area contributed by atoms with Crippen LogP contribution in [0.2, 0.25) is 0 Å². The maximum absolute atomic E-state index is 14.5. The van der Waals surface area contributed by atoms with Crippen LogP contribution in [0.5, 0.6) is 23.0 Å². The van der Waals surface area contributed by atoms with Crippen LogP contribution in [0.15, 0.2) is 64.4 Å². The van der Waals surface area contributed by atoms with E-state index >= 15 is 0 Å². The van der Waals surface area contributed by atoms with Crippen LogP contribution in [0.25, 0.3) is 0 Å². The van der Waals surface area contributed by atoms with Crippen molar-refractivity contribution in [2.45, 2.75) is 241 Å². The van der Waals surface area contributed by atoms with Gasteiger partial charge in [0.2, 0.25) is 34.9 Å². The summed E-state index contributed by atoms with van der Waals surface area (Å²) in [6.45, 7) is 21.3. The van der Waals surface area contributed by atoms with E-state index in [1.54, 1.807) is 69.9 Å². The van der Waals surface area contributed by atoms with Crippen LogP contribution >= 0.6 is 55.9 Å². The maximum Gasteiger partial charge on any atom is 0.411 e. The summed E-state index contributed by atoms with van der Waals surface area (Å²) in [6.07, 6.45) is -16.1. The highest BCUT2D eigenvalue weighted by molar-refractivity contribution is 14.1. The van der Waals surface area contributed by atoms with E-state index in [0.717, 1.165) is 24.4 Å². The molecule has 19 atom stereocenters. The minimum atomic E-state index is -2.24. The Morgan fingerprint density at radius 1 is 0.855 bits per heavy atom. The number of hydrogen-bond donors (Lipinski definition) is 10. The van der Waals surface area contributed by atoms with Crippen molar-refractivity contribution in [1.29, 1.82) is 0 Å². The van der Waals surface area contributed by atoms with E-state index in [-0.39, 0.29) is 105 Å². The summed E-state index contributed by atoms with van der Waals surface area (Å²) in [5, 5.41) is 78.7. The van der Waals surface area contributed by atoms with Crippen molar-refractivity contribution in [3.8, 4) is 46.7 Å². The quantitative estimate of drug-likeness (QED) is 0.0124. The van der Waals surface area contributed by atoms with E-state index in [0.29, 0.717) is 23.6 Å². The standard InChI is InChI=1S/C75H101IN6O25S3/c1-17-82(42(7)83)46-36-100-53(33-50(46)95-13)105-67-61(89)58(81-107-54-32-47(84)68(41(6)101-54)109-69(92)55-37(2)57(76)65(62(90)64(55)96-14)106-70-63(91)66(97-15)60(88)40(5)103-70)39(4)102-71(67)104-49-22-20-18-19-21-29-75(94)34-48(85)59(77-72(93)98-16)56(49)45(75)28-31-108-110-74(11,12)35-52(87)80-79-38(3)43-23-25-44(26-24-43)99-30-27-51(86)78-73(8,9)10/h18-19,23-26,28,39-41,46-47,49-50,53-54,58,60-61,63,66-68,70-71,81,84,88-91,94H,17,27,30-36H2,1-16H3,(H,77,93)(H,78,86)(H,80,87)/b19-18-,45-28+,79-38?/t39?,40?,41?,46?,47?,49-,50?,53?,54?,58?,60?,61?,63?,66?,67?,68?,70?,71?,75-/m0/s1. The number of rotatable bonds is 29. The molecule has 4 fully saturated rings. The number of alkyl carbamates (subject to hydrolysis) is 1. The first-order valence-electron chi connectivity index (χ1n) is 35.7. The Hall–Kier alpha value is -6.15. The van der Waals surface area contributed by atoms with Gasteiger partial charge in [0.25, 0.3) is 0 Å². The molecule has 0 radical (unpaired) electrons. The number of hydrazone groups is 1. The third kappa shape index (κ3) is 22.7. The minimum Gasteiger partial charge on any atom is -0.502 e. The van der Waals surface area contributed by atoms with Gasteiger partial charge in [0.1, 0.15) is 42.4 Å². The van der Waals surface area contributed by atoms with Gasteiger partial charge in [-0.05, 0) is 146 Å². The second kappa shape index (κ2) is 39.7. The molecule has 2 aromatic rings. The SMILES string of the molecule is CCN(C(C)=O)C1COC(OC2C(O[C@H]3C#C/C=C\C#C[C@]4(O)CC(=O)C(NC(=O)OC)=C3/C4=C\CSSC(C)(C)CC(=O)NN=C(C)c3ccc(OCCC(=O)NC(C)(C)C)cc3)OC(C)C(NOC3CC(O)C(SC(=O)c4c(C)c(I)c(OC5OC(C)C(O)C(OC)C5O)c(O)c4OC)C(C)O3)C2O)CC1OC. The number of carbonyl (C=O) groups is 6. The summed E-state index contributed by atoms with van der Waals surface area (Å²) in [7, 11) is 7.79. The number of aliphatic hydroxyl groups excluding tert-OH is 4. The number of hydroxylamine groups is 1. The number of aromatic hydroxyl groups is 1. The average molecular weight is 1710 g/mol. The molecule has 35 heteroatoms. The van der Waals surface area contributed by atoms with Crippen molar-refractivity contribution in [3.05, 3.63) is 79.6 Å². The number of Topliss-reactive ketones (excluding diaryl/α,β-unsaturated/α-hetero) is 1. The maximum atomic E-state index is 14.5. The van der Waals surface area contributed by atoms with Gasteiger partial charge in [-0.2, -0.15) is 10.6 Å². The minimum absolute atomic E-state index is 0.00985. The molecule has 4 saturated heterocycles. The number of likely N-dealkylation sites (N-methyl/N-ethyl adjacent to an activating group) is 1. The summed E-state index contributed by atoms with van der Waals surface area (Å²) in [5.41, 5.74) is 3.95. The molecule has 2 bridgehead atoms. The Bertz CT molecular complexity index is 3880. The topological polar surface area (TPSA) is 408 Å². The number of benzene rings is 2. The monoisotopic (exact) mass is 1710 g/mol. The zero-order chi connectivity index (χ0) is 80.9. The lowest BCUT2D eigenvalue weighted by Gasteiger charge is -2.47. The summed E-state index contributed by atoms with van der Waals surface area (Å²) < 4.78 is 71.7. The number of nitrogens with one attached hydrogen (secondary N) is 4. The lowest BCUT2D eigenvalue weighted by molar-refractivity contribution is -0.337. The fourth-order valence-electron chi connectivity index (χ4n) is 13.2. The highest BCUT2D eigenvalue weighted by atomic mass is 127. The van der Waals surface area contributed by atoms with Gasteiger partial charge in [0.05, 0.1) is 109 Å². The number of thioether (sulfide) groups is 1. The van der Waals surface area contributed by atoms with Crippen LogP contribution in [0.4, 0.5) is 4.79 Å². The first-order chi connectivity index (χ1) is 52.0. The van der Waals surface area contributed by atoms with Crippen LogP contribution in [-0.4, -0.2) is 255 Å². The molecule has 2 aromatic carbocycles. The number of aliphatic hydroxyl groups is 5. The molecule has 4 heterocycles. The molecule has 17 unspecified atom stereocenters. The van der Waals surface area contributed by atoms with Crippen molar-refractivity contribution in [1.82, 2.24) is 26.4 Å². The zero-order valence-corrected chi connectivity index (χ0v) is 68.8. The van der Waals surface area contributed by atoms with Gasteiger partial charge in [-0.1, -0.05) is 63.1 Å². The van der Waals surface area contributed by atoms with Gasteiger partial charge < -0.3 is 97.7 Å². The third-order valence-electron chi connectivity index (χ3n) is 18.7. The Balaban J connectivity index is 1.00. The van der Waals surface area contributed by atoms with Crippen molar-refractivity contribution in [2.75, 3.05) is 54.0 Å². The van der Waals surface area contributed by atoms with Crippen LogP contribution < -0.4 is 35.8 Å². The number of ketones is 1. The first-order valence-corrected chi connectivity index (χ1v) is 40.0. The largest absolute Gasteiger partial charge is 0.502 e. The molecule has 2 aliphatic carbocycles. The van der Waals surface area contributed by atoms with E-state index in [4.69, 9.17) is 61.7 Å². The number of ether oxygens (including phenoxy) is 12. The van der Waals surface area contributed by atoms with Gasteiger partial charge >= 0.3 is 6.09 Å². The third-order valence-corrected chi connectivity index (χ3v) is 24.5. The molecule has 0 aromatic heterocycles. The predicted molar refractivity (Wildman–Crippen MR) is 414 cm³/mol. The summed E-state index contributed by atoms with van der Waals surface area (Å²) >= 11 is 2.61. The van der Waals surface area contributed by atoms with Crippen LogP contribution in [-0.2, 0) is 66.6 Å². The smallest absolute Gasteiger partial charge is 0.411 e. The molecule has 0 saturated carbocycles. The van der Waals surface area contributed by atoms with Gasteiger partial charge in [-0.25, -0.2) is 10.2 Å². The molecule has 4 amide bonds. The molecule has 4 aliphatic heterocycles. The number of allylic oxidation sites excluding steroid dienone is 3. The van der Waals surface area contributed by atoms with Gasteiger partial charge in [-0.3, -0.25) is 34.1 Å². The number of amides is 4. The van der Waals surface area contributed by atoms with E-state index in [9.17, 15) is 59.4 Å². The number of phenolic OH excluding ortho intramolecular Hbond substituents is 1. The van der Waals surface area contributed by atoms with Crippen molar-refractivity contribution in [3.63, 3.8) is 0 Å². The second-order valence-electron chi connectivity index (χ2n) is 28.5. The summed E-state index contributed by atoms with van der Waals surface area (Å²) in [5.74, 6) is 9.63. The van der Waals surface area contributed by atoms with Crippen molar-refractivity contribution in [2.24, 2.45) is 5.10 Å².